The van der Waals surface area contributed by atoms with Crippen LogP contribution in [-0.4, -0.2) is 43.1 Å². The van der Waals surface area contributed by atoms with Crippen LogP contribution in [0.3, 0.4) is 0 Å². The topological polar surface area (TPSA) is 90.6 Å². The largest absolute Gasteiger partial charge is 0.309 e. The first-order valence-corrected chi connectivity index (χ1v) is 8.33. The molecule has 0 bridgehead atoms. The number of H-pyrrole nitrogens is 2. The summed E-state index contributed by atoms with van der Waals surface area (Å²) in [6.07, 6.45) is 3.71. The second-order valence-corrected chi connectivity index (χ2v) is 6.56. The molecular formula is C16H17ClN6O. The Morgan fingerprint density at radius 1 is 1.38 bits per heavy atom. The highest BCUT2D eigenvalue weighted by molar-refractivity contribution is 6.31. The lowest BCUT2D eigenvalue weighted by Gasteiger charge is -2.31. The third-order valence-electron chi connectivity index (χ3n) is 4.42. The van der Waals surface area contributed by atoms with Crippen molar-refractivity contribution in [3.05, 3.63) is 51.6 Å². The Morgan fingerprint density at radius 2 is 2.29 bits per heavy atom. The Kier molecular flexibility index (Phi) is 4.03. The van der Waals surface area contributed by atoms with Crippen molar-refractivity contribution in [1.29, 1.82) is 0 Å². The fourth-order valence-electron chi connectivity index (χ4n) is 3.28. The maximum Gasteiger partial charge on any atom is 0.258 e. The molecule has 3 heterocycles. The maximum absolute atomic E-state index is 12.2. The zero-order valence-electron chi connectivity index (χ0n) is 13.0. The van der Waals surface area contributed by atoms with Gasteiger partial charge in [0.1, 0.15) is 18.0 Å². The fraction of sp³-hybridized carbons (Fsp3) is 0.375. The first-order chi connectivity index (χ1) is 11.7. The highest BCUT2D eigenvalue weighted by Crippen LogP contribution is 2.24. The van der Waals surface area contributed by atoms with Gasteiger partial charge in [-0.25, -0.2) is 9.97 Å². The number of piperidine rings is 1. The van der Waals surface area contributed by atoms with Gasteiger partial charge in [-0.3, -0.25) is 14.8 Å². The van der Waals surface area contributed by atoms with E-state index < -0.39 is 0 Å². The third kappa shape index (κ3) is 3.05. The van der Waals surface area contributed by atoms with Gasteiger partial charge >= 0.3 is 0 Å². The summed E-state index contributed by atoms with van der Waals surface area (Å²) in [5, 5.41) is 7.94. The second-order valence-electron chi connectivity index (χ2n) is 6.12. The van der Waals surface area contributed by atoms with Crippen molar-refractivity contribution < 1.29 is 0 Å². The van der Waals surface area contributed by atoms with Crippen LogP contribution >= 0.6 is 11.6 Å². The van der Waals surface area contributed by atoms with E-state index in [1.165, 1.54) is 0 Å². The van der Waals surface area contributed by atoms with Crippen LogP contribution in [0.25, 0.3) is 10.9 Å². The molecule has 4 rings (SSSR count). The summed E-state index contributed by atoms with van der Waals surface area (Å²) < 4.78 is 0. The zero-order chi connectivity index (χ0) is 16.5. The van der Waals surface area contributed by atoms with Crippen molar-refractivity contribution in [1.82, 2.24) is 30.0 Å². The lowest BCUT2D eigenvalue weighted by atomic mass is 9.97. The standard InChI is InChI=1S/C16H17ClN6O/c17-11-3-4-13-12(6-11)16(24)21-14(20-13)8-23-5-1-2-10(7-23)15-18-9-19-22-15/h3-4,6,9-10H,1-2,5,7-8H2,(H,18,19,22)(H,20,21,24). The summed E-state index contributed by atoms with van der Waals surface area (Å²) in [7, 11) is 0. The second kappa shape index (κ2) is 6.33. The highest BCUT2D eigenvalue weighted by Gasteiger charge is 2.23. The highest BCUT2D eigenvalue weighted by atomic mass is 35.5. The normalized spacial score (nSPS) is 19.0. The molecule has 0 amide bonds. The average Bonchev–Trinajstić information content (AvgIpc) is 3.10. The molecule has 1 atom stereocenters. The van der Waals surface area contributed by atoms with Crippen LogP contribution in [0, 0.1) is 0 Å². The van der Waals surface area contributed by atoms with Gasteiger partial charge in [0, 0.05) is 17.5 Å². The van der Waals surface area contributed by atoms with Gasteiger partial charge in [0.25, 0.3) is 5.56 Å². The van der Waals surface area contributed by atoms with Crippen molar-refractivity contribution in [2.75, 3.05) is 13.1 Å². The van der Waals surface area contributed by atoms with Gasteiger partial charge in [-0.15, -0.1) is 0 Å². The summed E-state index contributed by atoms with van der Waals surface area (Å²) in [6.45, 7) is 2.46. The van der Waals surface area contributed by atoms with Crippen LogP contribution < -0.4 is 5.56 Å². The summed E-state index contributed by atoms with van der Waals surface area (Å²) in [6, 6.07) is 5.18. The SMILES string of the molecule is O=c1[nH]c(CN2CCCC(c3ncn[nH]3)C2)nc2ccc(Cl)cc12. The Hall–Kier alpha value is -2.25. The number of fused-ring (bicyclic) bond motifs is 1. The molecule has 124 valence electrons. The first kappa shape index (κ1) is 15.3. The van der Waals surface area contributed by atoms with E-state index in [0.717, 1.165) is 31.8 Å². The third-order valence-corrected chi connectivity index (χ3v) is 4.65. The number of nitrogens with one attached hydrogen (secondary N) is 2. The van der Waals surface area contributed by atoms with Gasteiger partial charge in [-0.1, -0.05) is 11.6 Å². The van der Waals surface area contributed by atoms with Crippen LogP contribution in [0.5, 0.6) is 0 Å². The van der Waals surface area contributed by atoms with Gasteiger partial charge in [0.2, 0.25) is 0 Å². The lowest BCUT2D eigenvalue weighted by molar-refractivity contribution is 0.192. The molecule has 3 aromatic rings. The van der Waals surface area contributed by atoms with Crippen LogP contribution in [0.2, 0.25) is 5.02 Å². The van der Waals surface area contributed by atoms with Crippen molar-refractivity contribution in [2.24, 2.45) is 0 Å². The number of aromatic nitrogens is 5. The van der Waals surface area contributed by atoms with Gasteiger partial charge in [0.05, 0.1) is 17.4 Å². The molecule has 8 heteroatoms. The fourth-order valence-corrected chi connectivity index (χ4v) is 3.45. The summed E-state index contributed by atoms with van der Waals surface area (Å²) in [5.74, 6) is 1.94. The maximum atomic E-state index is 12.2. The molecule has 2 N–H and O–H groups in total. The van der Waals surface area contributed by atoms with E-state index in [0.29, 0.717) is 34.2 Å². The number of rotatable bonds is 3. The Labute approximate surface area is 143 Å². The van der Waals surface area contributed by atoms with E-state index in [2.05, 4.69) is 30.0 Å². The molecule has 1 aliphatic rings. The number of hydrogen-bond donors (Lipinski definition) is 2. The Bertz CT molecular complexity index is 907. The summed E-state index contributed by atoms with van der Waals surface area (Å²) in [4.78, 5) is 26.2. The van der Waals surface area contributed by atoms with E-state index in [9.17, 15) is 4.79 Å². The molecule has 1 unspecified atom stereocenters. The average molecular weight is 345 g/mol. The number of halogens is 1. The van der Waals surface area contributed by atoms with Gasteiger partial charge in [0.15, 0.2) is 0 Å². The molecule has 1 aliphatic heterocycles. The number of hydrogen-bond acceptors (Lipinski definition) is 5. The van der Waals surface area contributed by atoms with Gasteiger partial charge in [-0.2, -0.15) is 5.10 Å². The number of likely N-dealkylation sites (tertiary alicyclic amines) is 1. The molecule has 24 heavy (non-hydrogen) atoms. The Balaban J connectivity index is 1.55. The van der Waals surface area contributed by atoms with Gasteiger partial charge < -0.3 is 4.98 Å². The molecule has 0 aliphatic carbocycles. The monoisotopic (exact) mass is 344 g/mol. The number of nitrogens with zero attached hydrogens (tertiary/aromatic N) is 4. The van der Waals surface area contributed by atoms with E-state index in [1.807, 2.05) is 0 Å². The predicted molar refractivity (Wildman–Crippen MR) is 91.0 cm³/mol. The van der Waals surface area contributed by atoms with Crippen LogP contribution in [0.4, 0.5) is 0 Å². The number of benzene rings is 1. The Morgan fingerprint density at radius 3 is 3.12 bits per heavy atom. The lowest BCUT2D eigenvalue weighted by Crippen LogP contribution is -2.35. The van der Waals surface area contributed by atoms with E-state index in [4.69, 9.17) is 11.6 Å². The van der Waals surface area contributed by atoms with E-state index in [-0.39, 0.29) is 5.56 Å². The smallest absolute Gasteiger partial charge is 0.258 e. The van der Waals surface area contributed by atoms with Crippen molar-refractivity contribution in [3.8, 4) is 0 Å². The molecule has 1 saturated heterocycles. The van der Waals surface area contributed by atoms with Crippen LogP contribution in [0.1, 0.15) is 30.4 Å². The zero-order valence-corrected chi connectivity index (χ0v) is 13.8. The summed E-state index contributed by atoms with van der Waals surface area (Å²) >= 11 is 5.95. The molecule has 2 aromatic heterocycles. The van der Waals surface area contributed by atoms with Crippen molar-refractivity contribution in [2.45, 2.75) is 25.3 Å². The van der Waals surface area contributed by atoms with E-state index >= 15 is 0 Å². The quantitative estimate of drug-likeness (QED) is 0.759. The minimum Gasteiger partial charge on any atom is -0.309 e. The molecule has 0 spiro atoms. The molecule has 1 fully saturated rings. The predicted octanol–water partition coefficient (Wildman–Crippen LogP) is 2.07. The van der Waals surface area contributed by atoms with Gasteiger partial charge in [-0.05, 0) is 37.6 Å². The minimum absolute atomic E-state index is 0.152. The van der Waals surface area contributed by atoms with Crippen LogP contribution in [-0.2, 0) is 6.54 Å². The molecule has 0 radical (unpaired) electrons. The molecule has 1 aromatic carbocycles. The van der Waals surface area contributed by atoms with Crippen molar-refractivity contribution >= 4 is 22.5 Å². The summed E-state index contributed by atoms with van der Waals surface area (Å²) in [5.41, 5.74) is 0.517. The first-order valence-electron chi connectivity index (χ1n) is 7.95. The molecule has 0 saturated carbocycles. The molecular weight excluding hydrogens is 328 g/mol. The van der Waals surface area contributed by atoms with E-state index in [1.54, 1.807) is 24.5 Å². The number of aromatic amines is 2. The van der Waals surface area contributed by atoms with Crippen LogP contribution in [0.15, 0.2) is 29.3 Å². The molecule has 7 nitrogen and oxygen atoms in total. The minimum atomic E-state index is -0.152. The van der Waals surface area contributed by atoms with Crippen molar-refractivity contribution in [3.63, 3.8) is 0 Å².